The van der Waals surface area contributed by atoms with Gasteiger partial charge >= 0.3 is 0 Å². The van der Waals surface area contributed by atoms with Crippen molar-refractivity contribution in [1.29, 1.82) is 0 Å². The largest absolute Gasteiger partial charge is 0.383 e. The molecule has 18 heavy (non-hydrogen) atoms. The second-order valence-electron chi connectivity index (χ2n) is 4.04. The highest BCUT2D eigenvalue weighted by Crippen LogP contribution is 2.31. The average Bonchev–Trinajstić information content (AvgIpc) is 2.92. The van der Waals surface area contributed by atoms with E-state index in [0.717, 1.165) is 10.6 Å². The molecular formula is C12H16ClN3OS. The zero-order valence-electron chi connectivity index (χ0n) is 10.4. The molecule has 0 amide bonds. The van der Waals surface area contributed by atoms with Crippen LogP contribution in [-0.2, 0) is 11.3 Å². The Bertz CT molecular complexity index is 523. The Morgan fingerprint density at radius 1 is 1.61 bits per heavy atom. The summed E-state index contributed by atoms with van der Waals surface area (Å²) in [6.07, 6.45) is 1.63. The molecule has 0 fully saturated rings. The molecule has 0 spiro atoms. The molecule has 6 heteroatoms. The fourth-order valence-electron chi connectivity index (χ4n) is 1.86. The van der Waals surface area contributed by atoms with Crippen molar-refractivity contribution in [2.24, 2.45) is 5.73 Å². The maximum absolute atomic E-state index is 6.30. The monoisotopic (exact) mass is 285 g/mol. The third-order valence-electron chi connectivity index (χ3n) is 2.82. The number of halogens is 1. The number of rotatable bonds is 5. The van der Waals surface area contributed by atoms with E-state index in [0.29, 0.717) is 18.2 Å². The predicted molar refractivity (Wildman–Crippen MR) is 74.2 cm³/mol. The summed E-state index contributed by atoms with van der Waals surface area (Å²) in [5.74, 6) is 0. The highest BCUT2D eigenvalue weighted by atomic mass is 35.5. The standard InChI is InChI=1S/C12H16ClN3OS/c1-8-3-6-18-12(8)10(14)11-9(13)7-15-16(11)4-5-17-2/h3,6-7,10H,4-5,14H2,1-2H3. The van der Waals surface area contributed by atoms with E-state index < -0.39 is 0 Å². The SMILES string of the molecule is COCCn1ncc(Cl)c1C(N)c1sccc1C. The number of ether oxygens (including phenoxy) is 1. The molecule has 0 aromatic carbocycles. The van der Waals surface area contributed by atoms with Gasteiger partial charge in [-0.3, -0.25) is 4.68 Å². The summed E-state index contributed by atoms with van der Waals surface area (Å²) in [5.41, 5.74) is 8.33. The third-order valence-corrected chi connectivity index (χ3v) is 4.21. The first-order chi connectivity index (χ1) is 8.65. The van der Waals surface area contributed by atoms with E-state index in [-0.39, 0.29) is 6.04 Å². The molecule has 4 nitrogen and oxygen atoms in total. The second kappa shape index (κ2) is 5.84. The van der Waals surface area contributed by atoms with Crippen molar-refractivity contribution in [3.8, 4) is 0 Å². The number of thiophene rings is 1. The van der Waals surface area contributed by atoms with Gasteiger partial charge in [-0.25, -0.2) is 0 Å². The summed E-state index contributed by atoms with van der Waals surface area (Å²) in [4.78, 5) is 1.12. The van der Waals surface area contributed by atoms with E-state index in [4.69, 9.17) is 22.1 Å². The highest BCUT2D eigenvalue weighted by Gasteiger charge is 2.20. The molecule has 0 radical (unpaired) electrons. The van der Waals surface area contributed by atoms with Crippen LogP contribution in [0, 0.1) is 6.92 Å². The summed E-state index contributed by atoms with van der Waals surface area (Å²) in [6.45, 7) is 3.29. The molecule has 2 heterocycles. The lowest BCUT2D eigenvalue weighted by atomic mass is 10.1. The Morgan fingerprint density at radius 3 is 3.00 bits per heavy atom. The molecule has 0 saturated heterocycles. The van der Waals surface area contributed by atoms with E-state index in [2.05, 4.69) is 18.1 Å². The van der Waals surface area contributed by atoms with Gasteiger partial charge in [0.15, 0.2) is 0 Å². The van der Waals surface area contributed by atoms with Gasteiger partial charge in [-0.15, -0.1) is 11.3 Å². The van der Waals surface area contributed by atoms with E-state index in [1.165, 1.54) is 5.56 Å². The van der Waals surface area contributed by atoms with Gasteiger partial charge in [-0.2, -0.15) is 5.10 Å². The summed E-state index contributed by atoms with van der Waals surface area (Å²) in [5, 5.41) is 6.88. The zero-order valence-corrected chi connectivity index (χ0v) is 12.0. The van der Waals surface area contributed by atoms with E-state index in [9.17, 15) is 0 Å². The molecular weight excluding hydrogens is 270 g/mol. The van der Waals surface area contributed by atoms with Crippen LogP contribution in [0.4, 0.5) is 0 Å². The van der Waals surface area contributed by atoms with Crippen LogP contribution in [0.2, 0.25) is 5.02 Å². The lowest BCUT2D eigenvalue weighted by Gasteiger charge is -2.14. The van der Waals surface area contributed by atoms with Gasteiger partial charge in [0.05, 0.1) is 36.1 Å². The summed E-state index contributed by atoms with van der Waals surface area (Å²) in [7, 11) is 1.66. The summed E-state index contributed by atoms with van der Waals surface area (Å²) >= 11 is 7.83. The Balaban J connectivity index is 2.32. The van der Waals surface area contributed by atoms with Crippen molar-refractivity contribution in [3.05, 3.63) is 38.8 Å². The van der Waals surface area contributed by atoms with Crippen LogP contribution in [0.5, 0.6) is 0 Å². The number of hydrogen-bond acceptors (Lipinski definition) is 4. The third kappa shape index (κ3) is 2.59. The van der Waals surface area contributed by atoms with Crippen LogP contribution in [-0.4, -0.2) is 23.5 Å². The van der Waals surface area contributed by atoms with Crippen LogP contribution in [0.25, 0.3) is 0 Å². The molecule has 1 unspecified atom stereocenters. The van der Waals surface area contributed by atoms with E-state index in [1.807, 2.05) is 10.1 Å². The van der Waals surface area contributed by atoms with Crippen molar-refractivity contribution in [2.75, 3.05) is 13.7 Å². The minimum absolute atomic E-state index is 0.239. The van der Waals surface area contributed by atoms with Crippen molar-refractivity contribution in [2.45, 2.75) is 19.5 Å². The fourth-order valence-corrected chi connectivity index (χ4v) is 3.05. The minimum atomic E-state index is -0.239. The van der Waals surface area contributed by atoms with Gasteiger partial charge in [-0.1, -0.05) is 11.6 Å². The molecule has 2 rings (SSSR count). The number of hydrogen-bond donors (Lipinski definition) is 1. The van der Waals surface area contributed by atoms with Crippen molar-refractivity contribution in [1.82, 2.24) is 9.78 Å². The Labute approximate surface area is 115 Å². The van der Waals surface area contributed by atoms with Crippen LogP contribution in [0.3, 0.4) is 0 Å². The molecule has 0 bridgehead atoms. The number of nitrogens with zero attached hydrogens (tertiary/aromatic N) is 2. The van der Waals surface area contributed by atoms with Crippen molar-refractivity contribution in [3.63, 3.8) is 0 Å². The molecule has 1 atom stereocenters. The Kier molecular flexibility index (Phi) is 4.40. The van der Waals surface area contributed by atoms with Gasteiger partial charge in [0.25, 0.3) is 0 Å². The highest BCUT2D eigenvalue weighted by molar-refractivity contribution is 7.10. The molecule has 0 aliphatic rings. The lowest BCUT2D eigenvalue weighted by molar-refractivity contribution is 0.182. The van der Waals surface area contributed by atoms with E-state index >= 15 is 0 Å². The Morgan fingerprint density at radius 2 is 2.39 bits per heavy atom. The Hall–Kier alpha value is -0.880. The number of aromatic nitrogens is 2. The van der Waals surface area contributed by atoms with Crippen LogP contribution in [0.1, 0.15) is 22.2 Å². The predicted octanol–water partition coefficient (Wildman–Crippen LogP) is 2.60. The van der Waals surface area contributed by atoms with E-state index in [1.54, 1.807) is 24.6 Å². The van der Waals surface area contributed by atoms with Gasteiger partial charge in [0.1, 0.15) is 0 Å². The maximum Gasteiger partial charge on any atom is 0.0838 e. The smallest absolute Gasteiger partial charge is 0.0838 e. The first kappa shape index (κ1) is 13.5. The van der Waals surface area contributed by atoms with Crippen LogP contribution >= 0.6 is 22.9 Å². The summed E-state index contributed by atoms with van der Waals surface area (Å²) < 4.78 is 6.88. The molecule has 98 valence electrons. The van der Waals surface area contributed by atoms with Crippen LogP contribution in [0.15, 0.2) is 17.6 Å². The van der Waals surface area contributed by atoms with Gasteiger partial charge < -0.3 is 10.5 Å². The topological polar surface area (TPSA) is 53.1 Å². The van der Waals surface area contributed by atoms with Gasteiger partial charge in [0.2, 0.25) is 0 Å². The zero-order chi connectivity index (χ0) is 13.1. The quantitative estimate of drug-likeness (QED) is 0.919. The fraction of sp³-hybridized carbons (Fsp3) is 0.417. The van der Waals surface area contributed by atoms with Gasteiger partial charge in [-0.05, 0) is 23.9 Å². The summed E-state index contributed by atoms with van der Waals surface area (Å²) in [6, 6.07) is 1.82. The van der Waals surface area contributed by atoms with Crippen LogP contribution < -0.4 is 5.73 Å². The van der Waals surface area contributed by atoms with Crippen molar-refractivity contribution >= 4 is 22.9 Å². The minimum Gasteiger partial charge on any atom is -0.383 e. The molecule has 0 aliphatic heterocycles. The molecule has 0 saturated carbocycles. The first-order valence-electron chi connectivity index (χ1n) is 5.65. The molecule has 0 aliphatic carbocycles. The lowest BCUT2D eigenvalue weighted by Crippen LogP contribution is -2.19. The number of aryl methyl sites for hydroxylation is 1. The molecule has 2 aromatic rings. The normalized spacial score (nSPS) is 12.9. The van der Waals surface area contributed by atoms with Crippen molar-refractivity contribution < 1.29 is 4.74 Å². The number of nitrogens with two attached hydrogens (primary N) is 1. The first-order valence-corrected chi connectivity index (χ1v) is 6.90. The molecule has 2 aromatic heterocycles. The molecule has 2 N–H and O–H groups in total. The van der Waals surface area contributed by atoms with Gasteiger partial charge in [0, 0.05) is 12.0 Å². The number of methoxy groups -OCH3 is 1. The second-order valence-corrected chi connectivity index (χ2v) is 5.39. The maximum atomic E-state index is 6.30. The average molecular weight is 286 g/mol.